The van der Waals surface area contributed by atoms with Gasteiger partial charge in [0, 0.05) is 25.0 Å². The quantitative estimate of drug-likeness (QED) is 0.872. The summed E-state index contributed by atoms with van der Waals surface area (Å²) in [7, 11) is 0. The van der Waals surface area contributed by atoms with E-state index in [-0.39, 0.29) is 5.28 Å². The van der Waals surface area contributed by atoms with Gasteiger partial charge in [0.1, 0.15) is 0 Å². The summed E-state index contributed by atoms with van der Waals surface area (Å²) in [6.07, 6.45) is 9.44. The van der Waals surface area contributed by atoms with E-state index in [1.54, 1.807) is 17.1 Å². The first-order valence-corrected chi connectivity index (χ1v) is 7.84. The maximum atomic E-state index is 6.09. The Bertz CT molecular complexity index is 585. The second-order valence-corrected chi connectivity index (χ2v) is 5.60. The molecule has 2 aromatic rings. The van der Waals surface area contributed by atoms with Crippen molar-refractivity contribution in [3.63, 3.8) is 0 Å². The Balaban J connectivity index is 1.96. The van der Waals surface area contributed by atoms with Gasteiger partial charge in [-0.3, -0.25) is 0 Å². The zero-order valence-electron chi connectivity index (χ0n) is 12.1. The maximum Gasteiger partial charge on any atom is 0.256 e. The van der Waals surface area contributed by atoms with Crippen LogP contribution in [0.5, 0.6) is 0 Å². The Labute approximate surface area is 129 Å². The summed E-state index contributed by atoms with van der Waals surface area (Å²) in [6, 6.07) is 2.30. The average Bonchev–Trinajstić information content (AvgIpc) is 2.91. The molecule has 0 aliphatic carbocycles. The predicted octanol–water partition coefficient (Wildman–Crippen LogP) is 2.87. The third-order valence-corrected chi connectivity index (χ3v) is 4.07. The van der Waals surface area contributed by atoms with Crippen molar-refractivity contribution >= 4 is 17.5 Å². The second-order valence-electron chi connectivity index (χ2n) is 5.26. The lowest BCUT2D eigenvalue weighted by Crippen LogP contribution is -2.36. The maximum absolute atomic E-state index is 6.09. The highest BCUT2D eigenvalue weighted by Gasteiger charge is 2.23. The van der Waals surface area contributed by atoms with Gasteiger partial charge in [0.25, 0.3) is 5.95 Å². The van der Waals surface area contributed by atoms with Crippen LogP contribution >= 0.6 is 11.6 Å². The highest BCUT2D eigenvalue weighted by atomic mass is 35.5. The Hall–Kier alpha value is -1.69. The van der Waals surface area contributed by atoms with Gasteiger partial charge in [0.05, 0.1) is 0 Å². The van der Waals surface area contributed by atoms with E-state index in [9.17, 15) is 0 Å². The van der Waals surface area contributed by atoms with Crippen LogP contribution in [0, 0.1) is 0 Å². The van der Waals surface area contributed by atoms with E-state index in [1.165, 1.54) is 19.3 Å². The molecular weight excluding hydrogens is 288 g/mol. The molecule has 2 aromatic heterocycles. The molecule has 1 aliphatic rings. The van der Waals surface area contributed by atoms with E-state index in [0.29, 0.717) is 17.9 Å². The molecule has 0 amide bonds. The van der Waals surface area contributed by atoms with Crippen LogP contribution in [0.4, 0.5) is 5.95 Å². The molecule has 1 fully saturated rings. The lowest BCUT2D eigenvalue weighted by molar-refractivity contribution is 0.545. The fourth-order valence-electron chi connectivity index (χ4n) is 2.81. The molecule has 0 saturated carbocycles. The summed E-state index contributed by atoms with van der Waals surface area (Å²) in [5.41, 5.74) is 0. The monoisotopic (exact) mass is 306 g/mol. The summed E-state index contributed by atoms with van der Waals surface area (Å²) in [6.45, 7) is 3.18. The second kappa shape index (κ2) is 6.39. The van der Waals surface area contributed by atoms with Crippen molar-refractivity contribution in [1.29, 1.82) is 0 Å². The molecule has 3 rings (SSSR count). The first kappa shape index (κ1) is 14.3. The third-order valence-electron chi connectivity index (χ3n) is 3.90. The molecule has 1 unspecified atom stereocenters. The summed E-state index contributed by atoms with van der Waals surface area (Å²) >= 11 is 6.09. The molecule has 3 heterocycles. The summed E-state index contributed by atoms with van der Waals surface area (Å²) in [5.74, 6) is 1.13. The summed E-state index contributed by atoms with van der Waals surface area (Å²) in [5, 5.41) is 4.37. The van der Waals surface area contributed by atoms with Crippen molar-refractivity contribution < 1.29 is 0 Å². The minimum Gasteiger partial charge on any atom is -0.338 e. The number of hydrogen-bond acceptors (Lipinski definition) is 5. The van der Waals surface area contributed by atoms with Gasteiger partial charge in [0.2, 0.25) is 11.2 Å². The molecule has 1 atom stereocenters. The van der Waals surface area contributed by atoms with Gasteiger partial charge >= 0.3 is 0 Å². The summed E-state index contributed by atoms with van der Waals surface area (Å²) < 4.78 is 1.61. The normalized spacial score (nSPS) is 19.5. The standard InChI is InChI=1S/C14H19ClN6/c1-2-11-7-4-3-5-9-20(11)13-17-12(15)18-14(19-13)21-10-6-8-16-21/h6,8,10-11H,2-5,7,9H2,1H3. The number of nitrogens with zero attached hydrogens (tertiary/aromatic N) is 6. The molecule has 0 spiro atoms. The van der Waals surface area contributed by atoms with Crippen LogP contribution in [0.25, 0.3) is 5.95 Å². The van der Waals surface area contributed by atoms with Crippen molar-refractivity contribution in [3.8, 4) is 5.95 Å². The zero-order valence-corrected chi connectivity index (χ0v) is 12.9. The van der Waals surface area contributed by atoms with Crippen LogP contribution in [-0.4, -0.2) is 37.3 Å². The van der Waals surface area contributed by atoms with Gasteiger partial charge in [-0.05, 0) is 36.9 Å². The number of hydrogen-bond donors (Lipinski definition) is 0. The van der Waals surface area contributed by atoms with Crippen LogP contribution in [-0.2, 0) is 0 Å². The minimum atomic E-state index is 0.213. The topological polar surface area (TPSA) is 59.7 Å². The highest BCUT2D eigenvalue weighted by Crippen LogP contribution is 2.24. The first-order valence-electron chi connectivity index (χ1n) is 7.46. The van der Waals surface area contributed by atoms with Crippen molar-refractivity contribution in [1.82, 2.24) is 24.7 Å². The molecule has 7 heteroatoms. The Morgan fingerprint density at radius 3 is 2.81 bits per heavy atom. The van der Waals surface area contributed by atoms with Gasteiger partial charge in [-0.15, -0.1) is 0 Å². The largest absolute Gasteiger partial charge is 0.338 e. The average molecular weight is 307 g/mol. The molecule has 0 bridgehead atoms. The minimum absolute atomic E-state index is 0.213. The van der Waals surface area contributed by atoms with Gasteiger partial charge in [0.15, 0.2) is 0 Å². The van der Waals surface area contributed by atoms with Crippen molar-refractivity contribution in [3.05, 3.63) is 23.7 Å². The predicted molar refractivity (Wildman–Crippen MR) is 81.9 cm³/mol. The van der Waals surface area contributed by atoms with Gasteiger partial charge < -0.3 is 4.90 Å². The van der Waals surface area contributed by atoms with Gasteiger partial charge in [-0.25, -0.2) is 4.68 Å². The van der Waals surface area contributed by atoms with Crippen molar-refractivity contribution in [2.24, 2.45) is 0 Å². The van der Waals surface area contributed by atoms with Crippen LogP contribution in [0.1, 0.15) is 39.0 Å². The summed E-state index contributed by atoms with van der Waals surface area (Å²) in [4.78, 5) is 15.3. The van der Waals surface area contributed by atoms with Crippen molar-refractivity contribution in [2.45, 2.75) is 45.1 Å². The SMILES string of the molecule is CCC1CCCCCN1c1nc(Cl)nc(-n2cccn2)n1. The first-order chi connectivity index (χ1) is 10.3. The number of aromatic nitrogens is 5. The molecule has 6 nitrogen and oxygen atoms in total. The van der Waals surface area contributed by atoms with E-state index in [2.05, 4.69) is 31.9 Å². The number of anilines is 1. The van der Waals surface area contributed by atoms with Crippen LogP contribution in [0.2, 0.25) is 5.28 Å². The molecule has 0 radical (unpaired) electrons. The Morgan fingerprint density at radius 1 is 1.19 bits per heavy atom. The number of halogens is 1. The fraction of sp³-hybridized carbons (Fsp3) is 0.571. The lowest BCUT2D eigenvalue weighted by Gasteiger charge is -2.29. The van der Waals surface area contributed by atoms with Crippen molar-refractivity contribution in [2.75, 3.05) is 11.4 Å². The van der Waals surface area contributed by atoms with Crippen LogP contribution in [0.3, 0.4) is 0 Å². The molecule has 1 saturated heterocycles. The highest BCUT2D eigenvalue weighted by molar-refractivity contribution is 6.28. The van der Waals surface area contributed by atoms with Crippen LogP contribution in [0.15, 0.2) is 18.5 Å². The zero-order chi connectivity index (χ0) is 14.7. The molecule has 112 valence electrons. The van der Waals surface area contributed by atoms with E-state index >= 15 is 0 Å². The smallest absolute Gasteiger partial charge is 0.256 e. The van der Waals surface area contributed by atoms with Crippen LogP contribution < -0.4 is 4.90 Å². The van der Waals surface area contributed by atoms with Gasteiger partial charge in [-0.2, -0.15) is 20.1 Å². The Morgan fingerprint density at radius 2 is 2.05 bits per heavy atom. The number of rotatable bonds is 3. The van der Waals surface area contributed by atoms with E-state index in [1.807, 2.05) is 6.07 Å². The Kier molecular flexibility index (Phi) is 4.34. The molecule has 0 aromatic carbocycles. The van der Waals surface area contributed by atoms with Gasteiger partial charge in [-0.1, -0.05) is 19.8 Å². The lowest BCUT2D eigenvalue weighted by atomic mass is 10.1. The molecule has 1 aliphatic heterocycles. The molecule has 21 heavy (non-hydrogen) atoms. The fourth-order valence-corrected chi connectivity index (χ4v) is 2.96. The van der Waals surface area contributed by atoms with E-state index in [4.69, 9.17) is 11.6 Å². The third kappa shape index (κ3) is 3.15. The molecular formula is C14H19ClN6. The molecule has 0 N–H and O–H groups in total. The van der Waals surface area contributed by atoms with E-state index < -0.39 is 0 Å². The van der Waals surface area contributed by atoms with E-state index in [0.717, 1.165) is 19.4 Å².